The number of rotatable bonds is 5. The summed E-state index contributed by atoms with van der Waals surface area (Å²) in [7, 11) is -4.69. The summed E-state index contributed by atoms with van der Waals surface area (Å²) < 4.78 is 47.8. The van der Waals surface area contributed by atoms with Crippen LogP contribution >= 0.6 is 0 Å². The van der Waals surface area contributed by atoms with Gasteiger partial charge in [0.15, 0.2) is 5.82 Å². The number of anilines is 1. The highest BCUT2D eigenvalue weighted by Crippen LogP contribution is 2.21. The Morgan fingerprint density at radius 2 is 1.85 bits per heavy atom. The van der Waals surface area contributed by atoms with Crippen molar-refractivity contribution in [1.82, 2.24) is 15.2 Å². The molecule has 0 radical (unpaired) electrons. The van der Waals surface area contributed by atoms with E-state index < -0.39 is 26.4 Å². The van der Waals surface area contributed by atoms with Crippen LogP contribution in [-0.2, 0) is 9.84 Å². The smallest absolute Gasteiger partial charge is 0.322 e. The average molecular weight is 378 g/mol. The Morgan fingerprint density at radius 3 is 2.46 bits per heavy atom. The van der Waals surface area contributed by atoms with Gasteiger partial charge in [0.05, 0.1) is 4.90 Å². The number of aromatic amines is 1. The number of nitrogens with zero attached hydrogens (tertiary/aromatic N) is 2. The fraction of sp³-hybridized carbons (Fsp3) is 0.0625. The quantitative estimate of drug-likeness (QED) is 0.710. The van der Waals surface area contributed by atoms with Gasteiger partial charge in [-0.25, -0.2) is 13.4 Å². The van der Waals surface area contributed by atoms with E-state index in [-0.39, 0.29) is 5.56 Å². The molecule has 0 aliphatic heterocycles. The summed E-state index contributed by atoms with van der Waals surface area (Å²) in [6.07, 6.45) is 1.36. The van der Waals surface area contributed by atoms with Crippen LogP contribution in [0.3, 0.4) is 0 Å². The Labute approximate surface area is 147 Å². The maximum Gasteiger partial charge on any atom is 0.341 e. The van der Waals surface area contributed by atoms with Crippen molar-refractivity contribution in [1.29, 1.82) is 0 Å². The van der Waals surface area contributed by atoms with Gasteiger partial charge in [0.1, 0.15) is 6.33 Å². The molecule has 3 aromatic rings. The number of nitrogens with one attached hydrogen (secondary N) is 2. The van der Waals surface area contributed by atoms with E-state index in [2.05, 4.69) is 20.5 Å². The van der Waals surface area contributed by atoms with Gasteiger partial charge in [0.25, 0.3) is 5.91 Å². The molecule has 1 heterocycles. The first kappa shape index (κ1) is 17.7. The van der Waals surface area contributed by atoms with Gasteiger partial charge in [-0.15, -0.1) is 0 Å². The molecule has 0 fully saturated rings. The number of sulfone groups is 1. The van der Waals surface area contributed by atoms with Gasteiger partial charge in [0.2, 0.25) is 9.84 Å². The Bertz CT molecular complexity index is 1020. The fourth-order valence-corrected chi connectivity index (χ4v) is 2.91. The number of hydrogen-bond acceptors (Lipinski definition) is 5. The number of carbonyl (C=O) groups excluding carboxylic acids is 1. The Morgan fingerprint density at radius 1 is 1.12 bits per heavy atom. The molecule has 0 aliphatic carbocycles. The third-order valence-corrected chi connectivity index (χ3v) is 4.89. The first-order chi connectivity index (χ1) is 12.4. The molecule has 0 unspecified atom stereocenters. The summed E-state index contributed by atoms with van der Waals surface area (Å²) in [5.74, 6) is -3.50. The van der Waals surface area contributed by atoms with Crippen molar-refractivity contribution >= 4 is 21.4 Å². The molecule has 2 N–H and O–H groups in total. The van der Waals surface area contributed by atoms with E-state index in [0.717, 1.165) is 12.1 Å². The zero-order valence-corrected chi connectivity index (χ0v) is 13.9. The van der Waals surface area contributed by atoms with E-state index in [9.17, 15) is 22.0 Å². The summed E-state index contributed by atoms with van der Waals surface area (Å²) in [5, 5.41) is 9.10. The molecule has 134 valence electrons. The van der Waals surface area contributed by atoms with Crippen LogP contribution in [0.1, 0.15) is 10.4 Å². The maximum atomic E-state index is 12.5. The third-order valence-electron chi connectivity index (χ3n) is 3.49. The van der Waals surface area contributed by atoms with Crippen LogP contribution in [-0.4, -0.2) is 35.3 Å². The van der Waals surface area contributed by atoms with Gasteiger partial charge in [-0.3, -0.25) is 9.89 Å². The standard InChI is InChI=1S/C16H12F2N4O3S/c17-16(18)26(24,25)13-6-4-10(5-7-13)15(23)21-12-3-1-2-11(8-12)14-19-9-20-22-14/h1-9,16H,(H,21,23)(H,19,20,22). The van der Waals surface area contributed by atoms with E-state index in [1.165, 1.54) is 18.5 Å². The minimum Gasteiger partial charge on any atom is -0.322 e. The number of carbonyl (C=O) groups is 1. The third kappa shape index (κ3) is 3.59. The number of alkyl halides is 2. The van der Waals surface area contributed by atoms with Crippen molar-refractivity contribution in [3.05, 3.63) is 60.4 Å². The van der Waals surface area contributed by atoms with Crippen LogP contribution in [0.4, 0.5) is 14.5 Å². The van der Waals surface area contributed by atoms with Crippen LogP contribution < -0.4 is 5.32 Å². The second-order valence-corrected chi connectivity index (χ2v) is 7.12. The normalized spacial score (nSPS) is 11.5. The Kier molecular flexibility index (Phi) is 4.76. The monoisotopic (exact) mass is 378 g/mol. The molecular formula is C16H12F2N4O3S. The Hall–Kier alpha value is -3.14. The number of halogens is 2. The summed E-state index contributed by atoms with van der Waals surface area (Å²) >= 11 is 0. The first-order valence-electron chi connectivity index (χ1n) is 7.27. The van der Waals surface area contributed by atoms with Gasteiger partial charge >= 0.3 is 5.76 Å². The lowest BCUT2D eigenvalue weighted by molar-refractivity contribution is 0.102. The molecule has 0 atom stereocenters. The second kappa shape index (κ2) is 7.00. The van der Waals surface area contributed by atoms with Crippen LogP contribution in [0, 0.1) is 0 Å². The van der Waals surface area contributed by atoms with E-state index in [4.69, 9.17) is 0 Å². The van der Waals surface area contributed by atoms with E-state index >= 15 is 0 Å². The minimum atomic E-state index is -4.69. The molecule has 0 aliphatic rings. The lowest BCUT2D eigenvalue weighted by Crippen LogP contribution is -2.14. The number of hydrogen-bond donors (Lipinski definition) is 2. The average Bonchev–Trinajstić information content (AvgIpc) is 3.16. The molecule has 26 heavy (non-hydrogen) atoms. The molecule has 0 saturated heterocycles. The van der Waals surface area contributed by atoms with Crippen molar-refractivity contribution in [2.45, 2.75) is 10.7 Å². The highest BCUT2D eigenvalue weighted by molar-refractivity contribution is 7.91. The van der Waals surface area contributed by atoms with Crippen molar-refractivity contribution in [3.63, 3.8) is 0 Å². The van der Waals surface area contributed by atoms with E-state index in [1.807, 2.05) is 0 Å². The SMILES string of the molecule is O=C(Nc1cccc(-c2ncn[nH]2)c1)c1ccc(S(=O)(=O)C(F)F)cc1. The molecule has 1 aromatic heterocycles. The zero-order valence-electron chi connectivity index (χ0n) is 13.1. The number of benzene rings is 2. The van der Waals surface area contributed by atoms with Gasteiger partial charge in [-0.1, -0.05) is 12.1 Å². The van der Waals surface area contributed by atoms with Crippen molar-refractivity contribution < 1.29 is 22.0 Å². The van der Waals surface area contributed by atoms with Crippen LogP contribution in [0.5, 0.6) is 0 Å². The predicted octanol–water partition coefficient (Wildman–Crippen LogP) is 2.72. The molecule has 10 heteroatoms. The van der Waals surface area contributed by atoms with Crippen LogP contribution in [0.15, 0.2) is 59.8 Å². The number of H-pyrrole nitrogens is 1. The summed E-state index contributed by atoms with van der Waals surface area (Å²) in [6.45, 7) is 0. The summed E-state index contributed by atoms with van der Waals surface area (Å²) in [4.78, 5) is 15.7. The lowest BCUT2D eigenvalue weighted by Gasteiger charge is -2.08. The van der Waals surface area contributed by atoms with E-state index in [1.54, 1.807) is 24.3 Å². The summed E-state index contributed by atoms with van der Waals surface area (Å²) in [5.41, 5.74) is 1.31. The predicted molar refractivity (Wildman–Crippen MR) is 89.4 cm³/mol. The largest absolute Gasteiger partial charge is 0.341 e. The van der Waals surface area contributed by atoms with Gasteiger partial charge in [-0.2, -0.15) is 13.9 Å². The van der Waals surface area contributed by atoms with Crippen molar-refractivity contribution in [3.8, 4) is 11.4 Å². The topological polar surface area (TPSA) is 105 Å². The van der Waals surface area contributed by atoms with Crippen molar-refractivity contribution in [2.75, 3.05) is 5.32 Å². The number of aromatic nitrogens is 3. The Balaban J connectivity index is 1.78. The molecule has 0 spiro atoms. The molecule has 3 rings (SSSR count). The van der Waals surface area contributed by atoms with E-state index in [0.29, 0.717) is 17.1 Å². The fourth-order valence-electron chi connectivity index (χ4n) is 2.19. The number of amides is 1. The molecule has 2 aromatic carbocycles. The van der Waals surface area contributed by atoms with Gasteiger partial charge in [0, 0.05) is 16.8 Å². The first-order valence-corrected chi connectivity index (χ1v) is 8.82. The minimum absolute atomic E-state index is 0.128. The molecular weight excluding hydrogens is 366 g/mol. The van der Waals surface area contributed by atoms with Gasteiger partial charge in [-0.05, 0) is 36.4 Å². The van der Waals surface area contributed by atoms with Crippen LogP contribution in [0.25, 0.3) is 11.4 Å². The second-order valence-electron chi connectivity index (χ2n) is 5.20. The molecule has 0 bridgehead atoms. The molecule has 7 nitrogen and oxygen atoms in total. The highest BCUT2D eigenvalue weighted by Gasteiger charge is 2.26. The summed E-state index contributed by atoms with van der Waals surface area (Å²) in [6, 6.07) is 11.1. The van der Waals surface area contributed by atoms with Crippen molar-refractivity contribution in [2.24, 2.45) is 0 Å². The maximum absolute atomic E-state index is 12.5. The van der Waals surface area contributed by atoms with Gasteiger partial charge < -0.3 is 5.32 Å². The van der Waals surface area contributed by atoms with Crippen LogP contribution in [0.2, 0.25) is 0 Å². The zero-order chi connectivity index (χ0) is 18.7. The lowest BCUT2D eigenvalue weighted by atomic mass is 10.1. The highest BCUT2D eigenvalue weighted by atomic mass is 32.2. The molecule has 1 amide bonds. The molecule has 0 saturated carbocycles.